The zero-order chi connectivity index (χ0) is 28.4. The van der Waals surface area contributed by atoms with Crippen LogP contribution in [0, 0.1) is 22.7 Å². The third-order valence-electron chi connectivity index (χ3n) is 7.53. The molecule has 0 amide bonds. The number of nitrogens with two attached hydrogens (primary N) is 1. The van der Waals surface area contributed by atoms with Gasteiger partial charge in [-0.1, -0.05) is 6.92 Å². The number of anilines is 2. The summed E-state index contributed by atoms with van der Waals surface area (Å²) in [6, 6.07) is 12.7. The molecular formula is C29H28F3N7O. The fourth-order valence-electron chi connectivity index (χ4n) is 5.47. The Balaban J connectivity index is 1.62. The highest BCUT2D eigenvalue weighted by molar-refractivity contribution is 5.61. The van der Waals surface area contributed by atoms with Crippen LogP contribution in [0.5, 0.6) is 0 Å². The van der Waals surface area contributed by atoms with Crippen molar-refractivity contribution < 1.29 is 17.9 Å². The lowest BCUT2D eigenvalue weighted by atomic mass is 9.84. The first-order valence-corrected chi connectivity index (χ1v) is 13.1. The Bertz CT molecular complexity index is 1460. The molecular weight excluding hydrogens is 519 g/mol. The second-order valence-corrected chi connectivity index (χ2v) is 10.0. The van der Waals surface area contributed by atoms with Gasteiger partial charge in [-0.3, -0.25) is 0 Å². The number of nitrogens with zero attached hydrogens (tertiary/aromatic N) is 6. The minimum absolute atomic E-state index is 0.106. The molecule has 40 heavy (non-hydrogen) atoms. The molecule has 3 heterocycles. The molecule has 0 spiro atoms. The molecule has 2 N–H and O–H groups in total. The van der Waals surface area contributed by atoms with Gasteiger partial charge in [0.05, 0.1) is 65.3 Å². The number of benzene rings is 2. The number of hydrazine groups is 1. The lowest BCUT2D eigenvalue weighted by Gasteiger charge is -2.39. The number of ether oxygens (including phenoxy) is 1. The SMILES string of the molecule is CC[C@@H]1C[C@H](c2ncc(N3CCOCC3)c(Cc3cc(C#N)cc(C#N)c3)n2)c2cc(C(F)(F)F)ccc2N1N. The van der Waals surface area contributed by atoms with Crippen LogP contribution < -0.4 is 15.8 Å². The van der Waals surface area contributed by atoms with E-state index in [0.29, 0.717) is 79.5 Å². The average Bonchev–Trinajstić information content (AvgIpc) is 2.97. The number of alkyl halides is 3. The van der Waals surface area contributed by atoms with Gasteiger partial charge in [-0.2, -0.15) is 23.7 Å². The van der Waals surface area contributed by atoms with Gasteiger partial charge in [0.15, 0.2) is 0 Å². The summed E-state index contributed by atoms with van der Waals surface area (Å²) in [6.45, 7) is 4.35. The maximum atomic E-state index is 13.7. The maximum Gasteiger partial charge on any atom is 0.416 e. The summed E-state index contributed by atoms with van der Waals surface area (Å²) in [5.74, 6) is 6.26. The van der Waals surface area contributed by atoms with E-state index in [-0.39, 0.29) is 6.04 Å². The molecule has 3 aromatic rings. The largest absolute Gasteiger partial charge is 0.416 e. The van der Waals surface area contributed by atoms with Crippen LogP contribution in [-0.4, -0.2) is 42.3 Å². The van der Waals surface area contributed by atoms with E-state index in [1.807, 2.05) is 6.92 Å². The van der Waals surface area contributed by atoms with E-state index in [0.717, 1.165) is 23.4 Å². The molecule has 0 bridgehead atoms. The van der Waals surface area contributed by atoms with E-state index in [1.54, 1.807) is 23.3 Å². The van der Waals surface area contributed by atoms with Gasteiger partial charge in [0.25, 0.3) is 0 Å². The lowest BCUT2D eigenvalue weighted by molar-refractivity contribution is -0.137. The van der Waals surface area contributed by atoms with Crippen LogP contribution in [0.25, 0.3) is 0 Å². The average molecular weight is 548 g/mol. The number of morpholine rings is 1. The molecule has 5 rings (SSSR count). The van der Waals surface area contributed by atoms with Crippen molar-refractivity contribution in [2.24, 2.45) is 5.84 Å². The summed E-state index contributed by atoms with van der Waals surface area (Å²) >= 11 is 0. The van der Waals surface area contributed by atoms with E-state index >= 15 is 0 Å². The van der Waals surface area contributed by atoms with Crippen LogP contribution in [0.3, 0.4) is 0 Å². The first-order valence-electron chi connectivity index (χ1n) is 13.1. The highest BCUT2D eigenvalue weighted by atomic mass is 19.4. The number of nitriles is 2. The van der Waals surface area contributed by atoms with Gasteiger partial charge in [0.2, 0.25) is 0 Å². The summed E-state index contributed by atoms with van der Waals surface area (Å²) in [6.07, 6.45) is -1.30. The van der Waals surface area contributed by atoms with Gasteiger partial charge in [0, 0.05) is 31.5 Å². The van der Waals surface area contributed by atoms with Crippen molar-refractivity contribution in [3.05, 3.63) is 81.9 Å². The summed E-state index contributed by atoms with van der Waals surface area (Å²) < 4.78 is 46.5. The standard InChI is InChI=1S/C29H28F3N7O/c1-2-22-14-24(23-13-21(29(30,31)32)3-4-26(23)39(22)35)28-36-17-27(38-5-7-40-8-6-38)25(37-28)12-18-9-19(15-33)11-20(10-18)16-34/h3-4,9-11,13,17,22,24H,2,5-8,12,14,35H2,1H3/t22-,24+/m1/s1. The molecule has 1 saturated heterocycles. The third kappa shape index (κ3) is 5.44. The maximum absolute atomic E-state index is 13.7. The van der Waals surface area contributed by atoms with Crippen molar-refractivity contribution in [2.75, 3.05) is 36.2 Å². The number of hydrogen-bond donors (Lipinski definition) is 1. The van der Waals surface area contributed by atoms with E-state index < -0.39 is 17.7 Å². The Morgan fingerprint density at radius 3 is 2.38 bits per heavy atom. The molecule has 206 valence electrons. The van der Waals surface area contributed by atoms with Gasteiger partial charge < -0.3 is 14.6 Å². The number of halogens is 3. The van der Waals surface area contributed by atoms with Crippen molar-refractivity contribution in [2.45, 2.75) is 44.3 Å². The second-order valence-electron chi connectivity index (χ2n) is 10.0. The predicted octanol–water partition coefficient (Wildman–Crippen LogP) is 4.66. The number of hydrogen-bond acceptors (Lipinski definition) is 8. The Kier molecular flexibility index (Phi) is 7.61. The molecule has 11 heteroatoms. The first-order chi connectivity index (χ1) is 19.2. The van der Waals surface area contributed by atoms with Crippen LogP contribution in [0.1, 0.15) is 65.0 Å². The summed E-state index contributed by atoms with van der Waals surface area (Å²) in [5, 5.41) is 20.5. The number of aromatic nitrogens is 2. The van der Waals surface area contributed by atoms with Crippen molar-refractivity contribution in [1.29, 1.82) is 10.5 Å². The van der Waals surface area contributed by atoms with E-state index in [1.165, 1.54) is 12.1 Å². The molecule has 1 aromatic heterocycles. The van der Waals surface area contributed by atoms with Crippen molar-refractivity contribution in [1.82, 2.24) is 9.97 Å². The molecule has 2 aliphatic heterocycles. The van der Waals surface area contributed by atoms with Gasteiger partial charge in [-0.05, 0) is 60.4 Å². The van der Waals surface area contributed by atoms with Crippen LogP contribution in [-0.2, 0) is 17.3 Å². The normalized spacial score (nSPS) is 19.1. The monoisotopic (exact) mass is 547 g/mol. The Hall–Kier alpha value is -4.19. The van der Waals surface area contributed by atoms with Gasteiger partial charge in [0.1, 0.15) is 5.82 Å². The Labute approximate surface area is 230 Å². The molecule has 2 aliphatic rings. The van der Waals surface area contributed by atoms with Crippen molar-refractivity contribution in [3.63, 3.8) is 0 Å². The molecule has 2 atom stereocenters. The summed E-state index contributed by atoms with van der Waals surface area (Å²) in [7, 11) is 0. The number of fused-ring (bicyclic) bond motifs is 1. The lowest BCUT2D eigenvalue weighted by Crippen LogP contribution is -2.45. The fraction of sp³-hybridized carbons (Fsp3) is 0.379. The van der Waals surface area contributed by atoms with Gasteiger partial charge >= 0.3 is 6.18 Å². The van der Waals surface area contributed by atoms with Crippen LogP contribution in [0.4, 0.5) is 24.5 Å². The minimum atomic E-state index is -4.50. The zero-order valence-electron chi connectivity index (χ0n) is 21.9. The highest BCUT2D eigenvalue weighted by Crippen LogP contribution is 2.43. The molecule has 0 saturated carbocycles. The first kappa shape index (κ1) is 27.4. The fourth-order valence-corrected chi connectivity index (χ4v) is 5.47. The third-order valence-corrected chi connectivity index (χ3v) is 7.53. The van der Waals surface area contributed by atoms with Crippen LogP contribution in [0.2, 0.25) is 0 Å². The molecule has 8 nitrogen and oxygen atoms in total. The molecule has 2 aromatic carbocycles. The molecule has 0 aliphatic carbocycles. The Morgan fingerprint density at radius 1 is 1.05 bits per heavy atom. The van der Waals surface area contributed by atoms with Crippen LogP contribution >= 0.6 is 0 Å². The second kappa shape index (κ2) is 11.1. The predicted molar refractivity (Wildman–Crippen MR) is 142 cm³/mol. The summed E-state index contributed by atoms with van der Waals surface area (Å²) in [5.41, 5.74) is 3.14. The number of rotatable bonds is 5. The molecule has 0 unspecified atom stereocenters. The Morgan fingerprint density at radius 2 is 1.75 bits per heavy atom. The van der Waals surface area contributed by atoms with E-state index in [2.05, 4.69) is 17.0 Å². The summed E-state index contributed by atoms with van der Waals surface area (Å²) in [4.78, 5) is 11.8. The van der Waals surface area contributed by atoms with Gasteiger partial charge in [-0.15, -0.1) is 0 Å². The van der Waals surface area contributed by atoms with Crippen molar-refractivity contribution >= 4 is 11.4 Å². The minimum Gasteiger partial charge on any atom is -0.378 e. The van der Waals surface area contributed by atoms with Crippen LogP contribution in [0.15, 0.2) is 42.6 Å². The molecule has 0 radical (unpaired) electrons. The van der Waals surface area contributed by atoms with Crippen molar-refractivity contribution in [3.8, 4) is 12.1 Å². The van der Waals surface area contributed by atoms with E-state index in [4.69, 9.17) is 20.5 Å². The quantitative estimate of drug-likeness (QED) is 0.459. The molecule has 1 fully saturated rings. The van der Waals surface area contributed by atoms with Gasteiger partial charge in [-0.25, -0.2) is 15.8 Å². The van der Waals surface area contributed by atoms with E-state index in [9.17, 15) is 23.7 Å². The zero-order valence-corrected chi connectivity index (χ0v) is 21.9. The highest BCUT2D eigenvalue weighted by Gasteiger charge is 2.37. The smallest absolute Gasteiger partial charge is 0.378 e. The topological polar surface area (TPSA) is 115 Å².